The highest BCUT2D eigenvalue weighted by atomic mass is 16.6. The monoisotopic (exact) mass is 1030 g/mol. The van der Waals surface area contributed by atoms with E-state index in [2.05, 4.69) is 10.3 Å². The molecule has 0 unspecified atom stereocenters. The van der Waals surface area contributed by atoms with Crippen LogP contribution in [0, 0.1) is 23.7 Å². The van der Waals surface area contributed by atoms with E-state index in [9.17, 15) is 39.3 Å². The van der Waals surface area contributed by atoms with Gasteiger partial charge in [-0.05, 0) is 101 Å². The molecule has 14 atom stereocenters. The Morgan fingerprint density at radius 2 is 1.67 bits per heavy atom. The van der Waals surface area contributed by atoms with E-state index in [1.54, 1.807) is 38.9 Å². The number of Topliss-reactive ketones (excluding diaryl/α,β-unsaturated/α-hetero) is 3. The van der Waals surface area contributed by atoms with Crippen LogP contribution in [0.2, 0.25) is 0 Å². The van der Waals surface area contributed by atoms with Gasteiger partial charge in [0.25, 0.3) is 11.7 Å². The van der Waals surface area contributed by atoms with Crippen molar-refractivity contribution in [2.24, 2.45) is 29.4 Å². The Hall–Kier alpha value is -4.31. The third-order valence-electron chi connectivity index (χ3n) is 15.1. The van der Waals surface area contributed by atoms with Crippen molar-refractivity contribution in [1.29, 1.82) is 0 Å². The molecule has 1 aromatic heterocycles. The van der Waals surface area contributed by atoms with Gasteiger partial charge in [-0.1, -0.05) is 62.4 Å². The van der Waals surface area contributed by atoms with E-state index >= 15 is 0 Å². The van der Waals surface area contributed by atoms with Gasteiger partial charge in [0.15, 0.2) is 5.78 Å². The first-order chi connectivity index (χ1) is 34.8. The predicted octanol–water partition coefficient (Wildman–Crippen LogP) is 4.34. The molecule has 1 aliphatic carbocycles. The number of hydrogen-bond donors (Lipinski definition) is 5. The third kappa shape index (κ3) is 16.8. The number of methoxy groups -OCH3 is 2. The van der Waals surface area contributed by atoms with Crippen LogP contribution in [0.15, 0.2) is 53.8 Å². The second kappa shape index (κ2) is 28.5. The Labute approximate surface area is 430 Å². The molecular formula is C54H83N5O14. The molecule has 4 aliphatic rings. The molecule has 0 aromatic carbocycles. The SMILES string of the molecule is CO[C@H]1C[C@@H]2CCC[C@@](O)(O2)C(=O)C(=O)N2CCCC[C@H]2CC(=O)O[C@H]([C@H](N)C[C@@H]2CC[C@H](n3cc(COCCO)nn3)[C@H](OC)C2)CC(=O)[C@H](C)/C=C(\C)[C@@H](O)[C@@H](O)C(=O)[C@H](C)C[C@H](C)/C=C/C=C/C=C/1C. The van der Waals surface area contributed by atoms with Gasteiger partial charge in [-0.2, -0.15) is 0 Å². The fraction of sp³-hybridized carbons (Fsp3) is 0.722. The Balaban J connectivity index is 1.39. The van der Waals surface area contributed by atoms with Crippen LogP contribution >= 0.6 is 0 Å². The topological polar surface area (TPSA) is 272 Å². The molecule has 2 bridgehead atoms. The number of rotatable bonds is 10. The van der Waals surface area contributed by atoms with Gasteiger partial charge in [0.05, 0.1) is 56.8 Å². The van der Waals surface area contributed by atoms with Crippen molar-refractivity contribution in [1.82, 2.24) is 19.9 Å². The first-order valence-corrected chi connectivity index (χ1v) is 26.3. The molecule has 0 spiro atoms. The standard InChI is InChI=1S/C54H83N5O14/c1-33-14-9-8-10-15-34(2)45(69-6)29-41-17-13-20-54(68,73-41)52(66)53(67)58-21-12-11-16-40(58)28-48(62)72-46(30-44(61)35(3)25-37(5)50(64)51(65)49(63)36(4)24-33)42(55)26-38-18-19-43(47(27-38)70-7)59-31-39(56-57-59)32-71-23-22-60/h8-10,14-15,25,31,33,35-36,38,40-43,45-47,50-51,60,64-65,68H,11-13,16-24,26-30,32,55H2,1-7H3/b10-8+,14-9+,34-15+,37-25+/t33-,35-,36-,38+,40+,41+,42-,43+,45+,46+,47-,50-,51+,54-/m1/s1. The first kappa shape index (κ1) is 59.6. The molecule has 73 heavy (non-hydrogen) atoms. The molecule has 0 radical (unpaired) electrons. The Kier molecular flexibility index (Phi) is 23.3. The molecular weight excluding hydrogens is 943 g/mol. The van der Waals surface area contributed by atoms with Gasteiger partial charge in [-0.3, -0.25) is 24.0 Å². The molecule has 2 saturated heterocycles. The highest BCUT2D eigenvalue weighted by Gasteiger charge is 2.49. The van der Waals surface area contributed by atoms with Crippen molar-refractivity contribution in [3.8, 4) is 0 Å². The van der Waals surface area contributed by atoms with E-state index in [0.29, 0.717) is 76.3 Å². The smallest absolute Gasteiger partial charge is 0.308 e. The maximum atomic E-state index is 14.1. The zero-order chi connectivity index (χ0) is 53.4. The molecule has 19 heteroatoms. The van der Waals surface area contributed by atoms with Crippen LogP contribution in [0.5, 0.6) is 0 Å². The zero-order valence-electron chi connectivity index (χ0n) is 44.0. The van der Waals surface area contributed by atoms with Crippen molar-refractivity contribution in [3.63, 3.8) is 0 Å². The van der Waals surface area contributed by atoms with E-state index in [0.717, 1.165) is 5.57 Å². The predicted molar refractivity (Wildman–Crippen MR) is 269 cm³/mol. The van der Waals surface area contributed by atoms with Crippen LogP contribution in [-0.4, -0.2) is 158 Å². The number of ether oxygens (including phenoxy) is 5. The second-order valence-electron chi connectivity index (χ2n) is 20.9. The number of aliphatic hydroxyl groups excluding tert-OH is 3. The summed E-state index contributed by atoms with van der Waals surface area (Å²) in [5.74, 6) is -7.53. The number of nitrogens with zero attached hydrogens (tertiary/aromatic N) is 4. The highest BCUT2D eigenvalue weighted by molar-refractivity contribution is 6.38. The molecule has 1 saturated carbocycles. The van der Waals surface area contributed by atoms with Crippen LogP contribution in [-0.2, 0) is 54.3 Å². The van der Waals surface area contributed by atoms with E-state index < -0.39 is 83.7 Å². The lowest BCUT2D eigenvalue weighted by Gasteiger charge is -2.40. The van der Waals surface area contributed by atoms with Crippen LogP contribution < -0.4 is 5.73 Å². The van der Waals surface area contributed by atoms with E-state index in [4.69, 9.17) is 34.5 Å². The number of carbonyl (C=O) groups excluding carboxylic acids is 5. The summed E-state index contributed by atoms with van der Waals surface area (Å²) in [6.45, 7) is 9.15. The van der Waals surface area contributed by atoms with E-state index in [-0.39, 0.29) is 81.0 Å². The maximum Gasteiger partial charge on any atom is 0.308 e. The summed E-state index contributed by atoms with van der Waals surface area (Å²) in [5, 5.41) is 51.6. The number of aromatic nitrogens is 3. The average molecular weight is 1030 g/mol. The Morgan fingerprint density at radius 1 is 0.904 bits per heavy atom. The summed E-state index contributed by atoms with van der Waals surface area (Å²) >= 11 is 0. The lowest BCUT2D eigenvalue weighted by Crippen LogP contribution is -2.57. The quantitative estimate of drug-likeness (QED) is 0.0944. The van der Waals surface area contributed by atoms with E-state index in [1.165, 1.54) is 17.9 Å². The molecule has 19 nitrogen and oxygen atoms in total. The van der Waals surface area contributed by atoms with Gasteiger partial charge in [0, 0.05) is 63.9 Å². The minimum absolute atomic E-state index is 0.00196. The number of nitrogens with two attached hydrogens (primary N) is 1. The number of piperidine rings is 1. The summed E-state index contributed by atoms with van der Waals surface area (Å²) in [7, 11) is 3.19. The van der Waals surface area contributed by atoms with Crippen LogP contribution in [0.4, 0.5) is 0 Å². The summed E-state index contributed by atoms with van der Waals surface area (Å²) in [5.41, 5.74) is 8.64. The average Bonchev–Trinajstić information content (AvgIpc) is 3.84. The number of cyclic esters (lactones) is 1. The first-order valence-electron chi connectivity index (χ1n) is 26.3. The zero-order valence-corrected chi connectivity index (χ0v) is 44.0. The third-order valence-corrected chi connectivity index (χ3v) is 15.1. The Morgan fingerprint density at radius 3 is 2.40 bits per heavy atom. The lowest BCUT2D eigenvalue weighted by molar-refractivity contribution is -0.244. The molecule has 408 valence electrons. The minimum Gasteiger partial charge on any atom is -0.460 e. The van der Waals surface area contributed by atoms with Gasteiger partial charge in [0.1, 0.15) is 29.8 Å². The number of carbonyl (C=O) groups is 5. The second-order valence-corrected chi connectivity index (χ2v) is 20.9. The van der Waals surface area contributed by atoms with E-state index in [1.807, 2.05) is 44.2 Å². The highest BCUT2D eigenvalue weighted by Crippen LogP contribution is 2.37. The largest absolute Gasteiger partial charge is 0.460 e. The molecule has 3 fully saturated rings. The van der Waals surface area contributed by atoms with Gasteiger partial charge < -0.3 is 54.7 Å². The number of amides is 1. The molecule has 1 aromatic rings. The number of esters is 1. The number of fused-ring (bicyclic) bond motifs is 3. The Bertz CT molecular complexity index is 2120. The number of allylic oxidation sites excluding steroid dienone is 6. The fourth-order valence-electron chi connectivity index (χ4n) is 10.8. The van der Waals surface area contributed by atoms with Gasteiger partial charge in [-0.15, -0.1) is 5.10 Å². The van der Waals surface area contributed by atoms with Gasteiger partial charge >= 0.3 is 5.97 Å². The van der Waals surface area contributed by atoms with Crippen LogP contribution in [0.1, 0.15) is 136 Å². The number of aliphatic hydroxyl groups is 4. The molecule has 6 N–H and O–H groups in total. The van der Waals surface area contributed by atoms with Gasteiger partial charge in [-0.25, -0.2) is 4.68 Å². The fourth-order valence-corrected chi connectivity index (χ4v) is 10.8. The normalized spacial score (nSPS) is 36.4. The van der Waals surface area contributed by atoms with Crippen molar-refractivity contribution in [2.75, 3.05) is 34.0 Å². The summed E-state index contributed by atoms with van der Waals surface area (Å²) in [6.07, 6.45) is 11.9. The molecule has 1 amide bonds. The number of ketones is 3. The molecule has 5 rings (SSSR count). The molecule has 3 aliphatic heterocycles. The maximum absolute atomic E-state index is 14.1. The van der Waals surface area contributed by atoms with Crippen LogP contribution in [0.3, 0.4) is 0 Å². The minimum atomic E-state index is -2.37. The van der Waals surface area contributed by atoms with Crippen molar-refractivity contribution in [2.45, 2.75) is 192 Å². The van der Waals surface area contributed by atoms with Gasteiger partial charge in [0.2, 0.25) is 5.79 Å². The summed E-state index contributed by atoms with van der Waals surface area (Å²) < 4.78 is 31.1. The summed E-state index contributed by atoms with van der Waals surface area (Å²) in [6, 6.07) is -1.70. The number of hydrogen-bond acceptors (Lipinski definition) is 17. The van der Waals surface area contributed by atoms with Crippen molar-refractivity contribution < 1.29 is 68.1 Å². The van der Waals surface area contributed by atoms with Crippen LogP contribution in [0.25, 0.3) is 0 Å². The molecule has 4 heterocycles. The summed E-state index contributed by atoms with van der Waals surface area (Å²) in [4.78, 5) is 71.1. The lowest BCUT2D eigenvalue weighted by atomic mass is 9.79. The van der Waals surface area contributed by atoms with Crippen molar-refractivity contribution in [3.05, 3.63) is 59.5 Å². The van der Waals surface area contributed by atoms with Crippen molar-refractivity contribution >= 4 is 29.2 Å².